The minimum Gasteiger partial charge on any atom is -0.356 e. The van der Waals surface area contributed by atoms with E-state index in [4.69, 9.17) is 0 Å². The van der Waals surface area contributed by atoms with Crippen LogP contribution in [-0.4, -0.2) is 48.0 Å². The van der Waals surface area contributed by atoms with Crippen LogP contribution in [0.4, 0.5) is 0 Å². The summed E-state index contributed by atoms with van der Waals surface area (Å²) in [6, 6.07) is 3.62. The van der Waals surface area contributed by atoms with E-state index in [1.54, 1.807) is 12.3 Å². The average molecular weight is 360 g/mol. The maximum Gasteiger partial charge on any atom is 0.252 e. The third-order valence-electron chi connectivity index (χ3n) is 4.33. The van der Waals surface area contributed by atoms with Gasteiger partial charge in [-0.15, -0.1) is 0 Å². The molecule has 0 radical (unpaired) electrons. The summed E-state index contributed by atoms with van der Waals surface area (Å²) in [4.78, 5) is 28.1. The molecule has 0 saturated carbocycles. The molecule has 0 aromatic carbocycles. The van der Waals surface area contributed by atoms with E-state index >= 15 is 0 Å². The summed E-state index contributed by atoms with van der Waals surface area (Å²) in [5.41, 5.74) is 1.40. The van der Waals surface area contributed by atoms with Gasteiger partial charge in [0.1, 0.15) is 0 Å². The number of rotatable bonds is 10. The fourth-order valence-electron chi connectivity index (χ4n) is 2.41. The monoisotopic (exact) mass is 360 g/mol. The molecule has 8 heteroatoms. The number of hydrogen-bond acceptors (Lipinski definition) is 6. The van der Waals surface area contributed by atoms with Crippen molar-refractivity contribution < 1.29 is 9.59 Å². The van der Waals surface area contributed by atoms with Crippen LogP contribution in [0.5, 0.6) is 0 Å². The minimum atomic E-state index is -0.131. The van der Waals surface area contributed by atoms with Crippen molar-refractivity contribution in [2.24, 2.45) is 16.3 Å². The molecule has 0 fully saturated rings. The van der Waals surface area contributed by atoms with Gasteiger partial charge in [0, 0.05) is 25.2 Å². The van der Waals surface area contributed by atoms with Crippen LogP contribution in [0, 0.1) is 5.92 Å². The lowest BCUT2D eigenvalue weighted by atomic mass is 10.1. The van der Waals surface area contributed by atoms with E-state index < -0.39 is 0 Å². The Morgan fingerprint density at radius 2 is 2.00 bits per heavy atom. The molecule has 1 aliphatic rings. The van der Waals surface area contributed by atoms with Gasteiger partial charge in [-0.1, -0.05) is 19.1 Å². The standard InChI is InChI=1S/C18H28N6O2/c1-3-14(2)17(25)19-8-4-5-9-20-18(26)15-6-7-16(21-12-15)13-24-11-10-22-23-24/h6-7,12,14H,3-5,8-11,13H2,1-2H3,(H,19,25)(H,20,26). The van der Waals surface area contributed by atoms with Gasteiger partial charge in [0.2, 0.25) is 5.91 Å². The zero-order valence-electron chi connectivity index (χ0n) is 15.6. The summed E-state index contributed by atoms with van der Waals surface area (Å²) in [6.45, 7) is 7.28. The van der Waals surface area contributed by atoms with Crippen LogP contribution in [0.1, 0.15) is 49.2 Å². The first-order valence-electron chi connectivity index (χ1n) is 9.23. The maximum absolute atomic E-state index is 12.1. The lowest BCUT2D eigenvalue weighted by Gasteiger charge is -2.11. The summed E-state index contributed by atoms with van der Waals surface area (Å²) in [5, 5.41) is 15.5. The summed E-state index contributed by atoms with van der Waals surface area (Å²) in [6.07, 6.45) is 4.09. The van der Waals surface area contributed by atoms with Crippen molar-refractivity contribution in [1.29, 1.82) is 0 Å². The Hall–Kier alpha value is -2.51. The van der Waals surface area contributed by atoms with Crippen LogP contribution in [0.2, 0.25) is 0 Å². The predicted octanol–water partition coefficient (Wildman–Crippen LogP) is 1.94. The normalized spacial score (nSPS) is 14.3. The molecule has 1 unspecified atom stereocenters. The van der Waals surface area contributed by atoms with Crippen molar-refractivity contribution in [2.45, 2.75) is 39.7 Å². The number of carbonyl (C=O) groups is 2. The van der Waals surface area contributed by atoms with E-state index in [1.807, 2.05) is 24.9 Å². The van der Waals surface area contributed by atoms with Gasteiger partial charge in [0.05, 0.1) is 30.9 Å². The predicted molar refractivity (Wildman–Crippen MR) is 98.4 cm³/mol. The molecule has 8 nitrogen and oxygen atoms in total. The quantitative estimate of drug-likeness (QED) is 0.623. The van der Waals surface area contributed by atoms with Gasteiger partial charge in [-0.3, -0.25) is 19.6 Å². The number of aromatic nitrogens is 1. The van der Waals surface area contributed by atoms with Crippen molar-refractivity contribution >= 4 is 11.8 Å². The maximum atomic E-state index is 12.1. The Bertz CT molecular complexity index is 617. The number of nitrogens with zero attached hydrogens (tertiary/aromatic N) is 4. The molecule has 2 amide bonds. The van der Waals surface area contributed by atoms with E-state index in [-0.39, 0.29) is 17.7 Å². The Balaban J connectivity index is 1.62. The molecule has 2 N–H and O–H groups in total. The van der Waals surface area contributed by atoms with E-state index in [0.717, 1.165) is 38.0 Å². The van der Waals surface area contributed by atoms with Crippen molar-refractivity contribution in [3.05, 3.63) is 29.6 Å². The molecular weight excluding hydrogens is 332 g/mol. The van der Waals surface area contributed by atoms with Crippen molar-refractivity contribution in [2.75, 3.05) is 26.2 Å². The molecule has 0 aliphatic carbocycles. The number of unbranched alkanes of at least 4 members (excludes halogenated alkanes) is 1. The minimum absolute atomic E-state index is 0.0544. The van der Waals surface area contributed by atoms with Crippen LogP contribution in [-0.2, 0) is 11.3 Å². The van der Waals surface area contributed by atoms with Gasteiger partial charge in [-0.25, -0.2) is 0 Å². The van der Waals surface area contributed by atoms with Crippen LogP contribution < -0.4 is 10.6 Å². The first-order chi connectivity index (χ1) is 12.6. The van der Waals surface area contributed by atoms with Crippen molar-refractivity contribution in [3.63, 3.8) is 0 Å². The highest BCUT2D eigenvalue weighted by Gasteiger charge is 2.11. The van der Waals surface area contributed by atoms with Gasteiger partial charge < -0.3 is 10.6 Å². The number of nitrogens with one attached hydrogen (secondary N) is 2. The topological polar surface area (TPSA) is 99.1 Å². The fraction of sp³-hybridized carbons (Fsp3) is 0.611. The van der Waals surface area contributed by atoms with E-state index in [0.29, 0.717) is 25.2 Å². The highest BCUT2D eigenvalue weighted by molar-refractivity contribution is 5.93. The number of amides is 2. The van der Waals surface area contributed by atoms with Crippen LogP contribution in [0.15, 0.2) is 28.7 Å². The van der Waals surface area contributed by atoms with Crippen LogP contribution in [0.3, 0.4) is 0 Å². The molecule has 0 saturated heterocycles. The van der Waals surface area contributed by atoms with E-state index in [1.165, 1.54) is 0 Å². The molecule has 1 atom stereocenters. The molecule has 26 heavy (non-hydrogen) atoms. The highest BCUT2D eigenvalue weighted by atomic mass is 16.2. The van der Waals surface area contributed by atoms with Gasteiger partial charge in [0.25, 0.3) is 5.91 Å². The molecule has 1 aliphatic heterocycles. The van der Waals surface area contributed by atoms with Gasteiger partial charge in [0.15, 0.2) is 0 Å². The Morgan fingerprint density at radius 1 is 1.23 bits per heavy atom. The van der Waals surface area contributed by atoms with E-state index in [2.05, 4.69) is 26.0 Å². The summed E-state index contributed by atoms with van der Waals surface area (Å²) in [7, 11) is 0. The molecule has 1 aromatic rings. The second-order valence-electron chi connectivity index (χ2n) is 6.44. The lowest BCUT2D eigenvalue weighted by Crippen LogP contribution is -2.30. The van der Waals surface area contributed by atoms with Crippen LogP contribution in [0.25, 0.3) is 0 Å². The van der Waals surface area contributed by atoms with Crippen LogP contribution >= 0.6 is 0 Å². The van der Waals surface area contributed by atoms with Crippen molar-refractivity contribution in [1.82, 2.24) is 20.6 Å². The average Bonchev–Trinajstić information content (AvgIpc) is 3.17. The summed E-state index contributed by atoms with van der Waals surface area (Å²) in [5.74, 6) is 0.0189. The largest absolute Gasteiger partial charge is 0.356 e. The SMILES string of the molecule is CCC(C)C(=O)NCCCCNC(=O)c1ccc(CN2CCN=N2)nc1. The van der Waals surface area contributed by atoms with Crippen molar-refractivity contribution in [3.8, 4) is 0 Å². The number of hydrogen-bond donors (Lipinski definition) is 2. The second kappa shape index (κ2) is 10.5. The highest BCUT2D eigenvalue weighted by Crippen LogP contribution is 2.08. The number of pyridine rings is 1. The third-order valence-corrected chi connectivity index (χ3v) is 4.33. The molecule has 142 valence electrons. The zero-order valence-corrected chi connectivity index (χ0v) is 15.6. The zero-order chi connectivity index (χ0) is 18.8. The van der Waals surface area contributed by atoms with Gasteiger partial charge in [-0.05, 0) is 31.4 Å². The third kappa shape index (κ3) is 6.42. The van der Waals surface area contributed by atoms with Gasteiger partial charge in [-0.2, -0.15) is 5.11 Å². The first kappa shape index (κ1) is 19.8. The number of carbonyl (C=O) groups excluding carboxylic acids is 2. The molecular formula is C18H28N6O2. The van der Waals surface area contributed by atoms with E-state index in [9.17, 15) is 9.59 Å². The summed E-state index contributed by atoms with van der Waals surface area (Å²) >= 11 is 0. The smallest absolute Gasteiger partial charge is 0.252 e. The Labute approximate surface area is 154 Å². The second-order valence-corrected chi connectivity index (χ2v) is 6.44. The molecule has 1 aromatic heterocycles. The van der Waals surface area contributed by atoms with Gasteiger partial charge >= 0.3 is 0 Å². The molecule has 0 spiro atoms. The Kier molecular flexibility index (Phi) is 7.98. The molecule has 0 bridgehead atoms. The first-order valence-corrected chi connectivity index (χ1v) is 9.23. The molecule has 2 rings (SSSR count). The Morgan fingerprint density at radius 3 is 2.62 bits per heavy atom. The fourth-order valence-corrected chi connectivity index (χ4v) is 2.41. The summed E-state index contributed by atoms with van der Waals surface area (Å²) < 4.78 is 0. The molecule has 2 heterocycles. The lowest BCUT2D eigenvalue weighted by molar-refractivity contribution is -0.124.